The first-order valence-electron chi connectivity index (χ1n) is 5.55. The zero-order valence-electron chi connectivity index (χ0n) is 9.58. The third kappa shape index (κ3) is 2.54. The smallest absolute Gasteiger partial charge is 0.384 e. The number of aryl methyl sites for hydroxylation is 1. The number of hydrogen-bond donors (Lipinski definition) is 0. The van der Waals surface area contributed by atoms with Crippen LogP contribution < -0.4 is 0 Å². The molecule has 1 aromatic carbocycles. The van der Waals surface area contributed by atoms with Crippen LogP contribution in [0.25, 0.3) is 0 Å². The van der Waals surface area contributed by atoms with Crippen LogP contribution in [0.3, 0.4) is 0 Å². The highest BCUT2D eigenvalue weighted by atomic mass is 16.5. The first kappa shape index (κ1) is 11.4. The summed E-state index contributed by atoms with van der Waals surface area (Å²) in [4.78, 5) is 22.6. The minimum Gasteiger partial charge on any atom is -0.456 e. The number of fused-ring (bicyclic) bond motifs is 1. The molecule has 1 aromatic rings. The van der Waals surface area contributed by atoms with Gasteiger partial charge in [-0.25, -0.2) is 4.79 Å². The number of hydrogen-bond acceptors (Lipinski definition) is 3. The molecule has 86 valence electrons. The lowest BCUT2D eigenvalue weighted by Crippen LogP contribution is -1.99. The highest BCUT2D eigenvalue weighted by Crippen LogP contribution is 2.22. The number of carbonyl (C=O) groups excluding carboxylic acids is 2. The normalized spacial score (nSPS) is 12.6. The van der Waals surface area contributed by atoms with E-state index in [0.717, 1.165) is 17.5 Å². The molecule has 0 aliphatic heterocycles. The minimum absolute atomic E-state index is 0.153. The maximum atomic E-state index is 11.5. The summed E-state index contributed by atoms with van der Waals surface area (Å²) in [6.07, 6.45) is 1.38. The van der Waals surface area contributed by atoms with Gasteiger partial charge in [0.05, 0.1) is 6.61 Å². The van der Waals surface area contributed by atoms with Crippen molar-refractivity contribution >= 4 is 11.8 Å². The molecule has 0 saturated heterocycles. The number of esters is 1. The molecule has 0 N–H and O–H groups in total. The summed E-state index contributed by atoms with van der Waals surface area (Å²) < 4.78 is 4.70. The van der Waals surface area contributed by atoms with Crippen molar-refractivity contribution in [2.75, 3.05) is 6.61 Å². The Hall–Kier alpha value is -2.08. The van der Waals surface area contributed by atoms with Crippen LogP contribution in [-0.4, -0.2) is 18.4 Å². The van der Waals surface area contributed by atoms with Crippen LogP contribution in [0.4, 0.5) is 0 Å². The van der Waals surface area contributed by atoms with Crippen molar-refractivity contribution in [2.24, 2.45) is 0 Å². The van der Waals surface area contributed by atoms with Gasteiger partial charge in [-0.05, 0) is 31.0 Å². The van der Waals surface area contributed by atoms with E-state index in [4.69, 9.17) is 4.74 Å². The van der Waals surface area contributed by atoms with E-state index in [2.05, 4.69) is 11.8 Å². The number of rotatable bonds is 1. The molecule has 1 aliphatic carbocycles. The van der Waals surface area contributed by atoms with Crippen LogP contribution in [0.5, 0.6) is 0 Å². The van der Waals surface area contributed by atoms with Gasteiger partial charge in [-0.3, -0.25) is 4.79 Å². The average Bonchev–Trinajstić information content (AvgIpc) is 2.69. The fourth-order valence-electron chi connectivity index (χ4n) is 1.81. The molecule has 1 aliphatic rings. The molecule has 0 unspecified atom stereocenters. The van der Waals surface area contributed by atoms with Gasteiger partial charge in [0.2, 0.25) is 0 Å². The lowest BCUT2D eigenvalue weighted by Gasteiger charge is -1.97. The molecule has 0 radical (unpaired) electrons. The van der Waals surface area contributed by atoms with E-state index in [1.54, 1.807) is 13.0 Å². The van der Waals surface area contributed by atoms with E-state index in [1.807, 2.05) is 12.1 Å². The molecule has 0 bridgehead atoms. The predicted octanol–water partition coefficient (Wildman–Crippen LogP) is 1.73. The standard InChI is InChI=1S/C14H12O3/c1-2-17-14(16)8-4-10-3-5-11-6-7-13(15)12(11)9-10/h3,5,9H,2,6-7H2,1H3. The van der Waals surface area contributed by atoms with Crippen LogP contribution in [0.2, 0.25) is 0 Å². The SMILES string of the molecule is CCOC(=O)C#Cc1ccc2c(c1)C(=O)CC2. The highest BCUT2D eigenvalue weighted by Gasteiger charge is 2.18. The second kappa shape index (κ2) is 4.84. The molecule has 3 nitrogen and oxygen atoms in total. The maximum Gasteiger partial charge on any atom is 0.384 e. The molecule has 17 heavy (non-hydrogen) atoms. The third-order valence-electron chi connectivity index (χ3n) is 2.62. The van der Waals surface area contributed by atoms with Gasteiger partial charge in [-0.1, -0.05) is 12.0 Å². The Morgan fingerprint density at radius 2 is 2.24 bits per heavy atom. The van der Waals surface area contributed by atoms with Crippen molar-refractivity contribution < 1.29 is 14.3 Å². The first-order valence-corrected chi connectivity index (χ1v) is 5.55. The number of ether oxygens (including phenoxy) is 1. The maximum absolute atomic E-state index is 11.5. The lowest BCUT2D eigenvalue weighted by atomic mass is 10.1. The Morgan fingerprint density at radius 1 is 1.41 bits per heavy atom. The molecule has 0 fully saturated rings. The number of carbonyl (C=O) groups is 2. The Balaban J connectivity index is 2.21. The fourth-order valence-corrected chi connectivity index (χ4v) is 1.81. The molecule has 0 aromatic heterocycles. The summed E-state index contributed by atoms with van der Waals surface area (Å²) in [5, 5.41) is 0. The van der Waals surface area contributed by atoms with Crippen molar-refractivity contribution in [3.8, 4) is 11.8 Å². The van der Waals surface area contributed by atoms with Gasteiger partial charge in [-0.15, -0.1) is 0 Å². The van der Waals surface area contributed by atoms with Crippen molar-refractivity contribution in [3.05, 3.63) is 34.9 Å². The largest absolute Gasteiger partial charge is 0.456 e. The lowest BCUT2D eigenvalue weighted by molar-refractivity contribution is -0.136. The molecule has 0 heterocycles. The topological polar surface area (TPSA) is 43.4 Å². The number of Topliss-reactive ketones (excluding diaryl/α,β-unsaturated/α-hetero) is 1. The molecule has 0 amide bonds. The molecular formula is C14H12O3. The van der Waals surface area contributed by atoms with E-state index in [-0.39, 0.29) is 5.78 Å². The monoisotopic (exact) mass is 228 g/mol. The van der Waals surface area contributed by atoms with Crippen molar-refractivity contribution in [3.63, 3.8) is 0 Å². The fraction of sp³-hybridized carbons (Fsp3) is 0.286. The summed E-state index contributed by atoms with van der Waals surface area (Å²) in [6.45, 7) is 2.05. The number of benzene rings is 1. The van der Waals surface area contributed by atoms with E-state index < -0.39 is 5.97 Å². The van der Waals surface area contributed by atoms with E-state index >= 15 is 0 Å². The molecular weight excluding hydrogens is 216 g/mol. The van der Waals surface area contributed by atoms with Gasteiger partial charge in [0.25, 0.3) is 0 Å². The van der Waals surface area contributed by atoms with Crippen LogP contribution in [0.15, 0.2) is 18.2 Å². The van der Waals surface area contributed by atoms with Crippen LogP contribution >= 0.6 is 0 Å². The molecule has 0 spiro atoms. The van der Waals surface area contributed by atoms with Gasteiger partial charge >= 0.3 is 5.97 Å². The van der Waals surface area contributed by atoms with Crippen LogP contribution in [0, 0.1) is 11.8 Å². The summed E-state index contributed by atoms with van der Waals surface area (Å²) >= 11 is 0. The highest BCUT2D eigenvalue weighted by molar-refractivity contribution is 6.00. The second-order valence-corrected chi connectivity index (χ2v) is 3.77. The number of ketones is 1. The Morgan fingerprint density at radius 3 is 3.00 bits per heavy atom. The van der Waals surface area contributed by atoms with Crippen LogP contribution in [0.1, 0.15) is 34.8 Å². The van der Waals surface area contributed by atoms with E-state index in [1.165, 1.54) is 0 Å². The van der Waals surface area contributed by atoms with Crippen molar-refractivity contribution in [1.29, 1.82) is 0 Å². The average molecular weight is 228 g/mol. The van der Waals surface area contributed by atoms with Gasteiger partial charge in [0, 0.05) is 23.5 Å². The third-order valence-corrected chi connectivity index (χ3v) is 2.62. The molecule has 0 atom stereocenters. The Kier molecular flexibility index (Phi) is 3.24. The summed E-state index contributed by atoms with van der Waals surface area (Å²) in [5.41, 5.74) is 2.48. The molecule has 2 rings (SSSR count). The van der Waals surface area contributed by atoms with Gasteiger partial charge in [-0.2, -0.15) is 0 Å². The quantitative estimate of drug-likeness (QED) is 0.543. The zero-order chi connectivity index (χ0) is 12.3. The zero-order valence-corrected chi connectivity index (χ0v) is 9.58. The minimum atomic E-state index is -0.542. The van der Waals surface area contributed by atoms with Gasteiger partial charge in [0.15, 0.2) is 5.78 Å². The van der Waals surface area contributed by atoms with Gasteiger partial charge in [0.1, 0.15) is 0 Å². The van der Waals surface area contributed by atoms with Crippen molar-refractivity contribution in [1.82, 2.24) is 0 Å². The first-order chi connectivity index (χ1) is 8.20. The second-order valence-electron chi connectivity index (χ2n) is 3.77. The summed E-state index contributed by atoms with van der Waals surface area (Å²) in [7, 11) is 0. The van der Waals surface area contributed by atoms with E-state index in [0.29, 0.717) is 18.6 Å². The Bertz CT molecular complexity index is 532. The molecule has 0 saturated carbocycles. The predicted molar refractivity (Wildman–Crippen MR) is 62.6 cm³/mol. The molecule has 3 heteroatoms. The summed E-state index contributed by atoms with van der Waals surface area (Å²) in [6, 6.07) is 5.47. The Labute approximate surface area is 99.8 Å². The van der Waals surface area contributed by atoms with Crippen molar-refractivity contribution in [2.45, 2.75) is 19.8 Å². The summed E-state index contributed by atoms with van der Waals surface area (Å²) in [5.74, 6) is 4.70. The van der Waals surface area contributed by atoms with Gasteiger partial charge < -0.3 is 4.74 Å². The van der Waals surface area contributed by atoms with E-state index in [9.17, 15) is 9.59 Å². The van der Waals surface area contributed by atoms with Crippen LogP contribution in [-0.2, 0) is 16.0 Å².